The summed E-state index contributed by atoms with van der Waals surface area (Å²) >= 11 is 9.16. The smallest absolute Gasteiger partial charge is 0.244 e. The Kier molecular flexibility index (Phi) is 4.62. The zero-order chi connectivity index (χ0) is 15.0. The van der Waals surface area contributed by atoms with Gasteiger partial charge in [0, 0.05) is 36.0 Å². The van der Waals surface area contributed by atoms with Gasteiger partial charge in [0.15, 0.2) is 0 Å². The van der Waals surface area contributed by atoms with Crippen LogP contribution in [0.25, 0.3) is 0 Å². The fourth-order valence-electron chi connectivity index (χ4n) is 3.16. The molecule has 21 heavy (non-hydrogen) atoms. The van der Waals surface area contributed by atoms with Gasteiger partial charge in [0.25, 0.3) is 0 Å². The summed E-state index contributed by atoms with van der Waals surface area (Å²) in [5.74, 6) is 0.375. The van der Waals surface area contributed by atoms with Crippen molar-refractivity contribution in [2.45, 2.75) is 29.7 Å². The van der Waals surface area contributed by atoms with Gasteiger partial charge in [-0.25, -0.2) is 8.42 Å². The summed E-state index contributed by atoms with van der Waals surface area (Å²) in [7, 11) is -3.44. The summed E-state index contributed by atoms with van der Waals surface area (Å²) in [6, 6.07) is 5.59. The Balaban J connectivity index is 1.86. The average molecular weight is 394 g/mol. The molecule has 1 aromatic rings. The standard InChI is InChI=1S/C14H18BrClN2O2S/c15-13-8-11(9-16)3-4-14(13)21(19,20)18-7-6-17-5-1-2-12(17)10-18/h3-4,8,12H,1-2,5-7,9-10H2. The number of halogens is 2. The SMILES string of the molecule is O=S(=O)(c1ccc(CCl)cc1Br)N1CCN2CCCC2C1. The molecule has 0 radical (unpaired) electrons. The van der Waals surface area contributed by atoms with Gasteiger partial charge >= 0.3 is 0 Å². The van der Waals surface area contributed by atoms with E-state index >= 15 is 0 Å². The number of nitrogens with zero attached hydrogens (tertiary/aromatic N) is 2. The molecule has 7 heteroatoms. The Labute approximate surface area is 139 Å². The third-order valence-electron chi connectivity index (χ3n) is 4.32. The molecule has 116 valence electrons. The highest BCUT2D eigenvalue weighted by Gasteiger charge is 2.36. The van der Waals surface area contributed by atoms with Crippen LogP contribution in [0.3, 0.4) is 0 Å². The van der Waals surface area contributed by atoms with Gasteiger partial charge in [-0.15, -0.1) is 11.6 Å². The van der Waals surface area contributed by atoms with Gasteiger partial charge in [-0.05, 0) is 53.0 Å². The third kappa shape index (κ3) is 3.01. The molecule has 0 aromatic heterocycles. The van der Waals surface area contributed by atoms with E-state index < -0.39 is 10.0 Å². The molecule has 2 saturated heterocycles. The number of rotatable bonds is 3. The van der Waals surface area contributed by atoms with Gasteiger partial charge in [0.2, 0.25) is 10.0 Å². The fourth-order valence-corrected chi connectivity index (χ4v) is 5.88. The summed E-state index contributed by atoms with van der Waals surface area (Å²) in [4.78, 5) is 2.74. The summed E-state index contributed by atoms with van der Waals surface area (Å²) in [6.07, 6.45) is 2.27. The second-order valence-electron chi connectivity index (χ2n) is 5.59. The molecule has 3 rings (SSSR count). The molecule has 4 nitrogen and oxygen atoms in total. The molecular weight excluding hydrogens is 376 g/mol. The van der Waals surface area contributed by atoms with Crippen molar-refractivity contribution in [3.63, 3.8) is 0 Å². The molecule has 1 unspecified atom stereocenters. The number of fused-ring (bicyclic) bond motifs is 1. The second kappa shape index (κ2) is 6.16. The highest BCUT2D eigenvalue weighted by Crippen LogP contribution is 2.30. The van der Waals surface area contributed by atoms with Gasteiger partial charge in [-0.2, -0.15) is 4.31 Å². The second-order valence-corrected chi connectivity index (χ2v) is 8.62. The first-order valence-corrected chi connectivity index (χ1v) is 9.88. The maximum atomic E-state index is 12.8. The van der Waals surface area contributed by atoms with Crippen LogP contribution in [0.5, 0.6) is 0 Å². The minimum Gasteiger partial charge on any atom is -0.298 e. The van der Waals surface area contributed by atoms with E-state index in [2.05, 4.69) is 20.8 Å². The first-order valence-electron chi connectivity index (χ1n) is 7.11. The Morgan fingerprint density at radius 2 is 2.10 bits per heavy atom. The number of piperazine rings is 1. The summed E-state index contributed by atoms with van der Waals surface area (Å²) in [6.45, 7) is 3.11. The van der Waals surface area contributed by atoms with Crippen LogP contribution in [-0.4, -0.2) is 49.8 Å². The van der Waals surface area contributed by atoms with E-state index in [1.165, 1.54) is 6.42 Å². The Morgan fingerprint density at radius 1 is 1.29 bits per heavy atom. The Hall–Kier alpha value is -0.140. The average Bonchev–Trinajstić information content (AvgIpc) is 2.94. The molecule has 0 bridgehead atoms. The van der Waals surface area contributed by atoms with Crippen LogP contribution in [-0.2, 0) is 15.9 Å². The lowest BCUT2D eigenvalue weighted by Crippen LogP contribution is -2.51. The lowest BCUT2D eigenvalue weighted by Gasteiger charge is -2.36. The maximum absolute atomic E-state index is 12.8. The lowest BCUT2D eigenvalue weighted by atomic mass is 10.2. The zero-order valence-electron chi connectivity index (χ0n) is 11.6. The molecule has 2 aliphatic rings. The van der Waals surface area contributed by atoms with Crippen LogP contribution in [0.4, 0.5) is 0 Å². The van der Waals surface area contributed by atoms with Crippen molar-refractivity contribution in [2.75, 3.05) is 26.2 Å². The predicted molar refractivity (Wildman–Crippen MR) is 87.1 cm³/mol. The van der Waals surface area contributed by atoms with E-state index in [1.807, 2.05) is 0 Å². The molecule has 1 atom stereocenters. The van der Waals surface area contributed by atoms with Crippen molar-refractivity contribution >= 4 is 37.6 Å². The quantitative estimate of drug-likeness (QED) is 0.741. The fraction of sp³-hybridized carbons (Fsp3) is 0.571. The number of alkyl halides is 1. The van der Waals surface area contributed by atoms with Crippen molar-refractivity contribution < 1.29 is 8.42 Å². The van der Waals surface area contributed by atoms with Crippen molar-refractivity contribution in [3.8, 4) is 0 Å². The number of hydrogen-bond acceptors (Lipinski definition) is 3. The van der Waals surface area contributed by atoms with Crippen molar-refractivity contribution in [1.82, 2.24) is 9.21 Å². The lowest BCUT2D eigenvalue weighted by molar-refractivity contribution is 0.158. The summed E-state index contributed by atoms with van der Waals surface area (Å²) < 4.78 is 27.9. The molecule has 0 N–H and O–H groups in total. The molecule has 2 aliphatic heterocycles. The van der Waals surface area contributed by atoms with Crippen LogP contribution in [0.2, 0.25) is 0 Å². The zero-order valence-corrected chi connectivity index (χ0v) is 14.8. The predicted octanol–water partition coefficient (Wildman–Crippen LogP) is 2.66. The van der Waals surface area contributed by atoms with E-state index in [9.17, 15) is 8.42 Å². The maximum Gasteiger partial charge on any atom is 0.244 e. The molecule has 0 amide bonds. The third-order valence-corrected chi connectivity index (χ3v) is 7.47. The van der Waals surface area contributed by atoms with E-state index in [0.29, 0.717) is 34.4 Å². The molecular formula is C14H18BrClN2O2S. The van der Waals surface area contributed by atoms with Gasteiger partial charge in [0.1, 0.15) is 0 Å². The molecule has 0 spiro atoms. The van der Waals surface area contributed by atoms with E-state index in [0.717, 1.165) is 25.1 Å². The normalized spacial score (nSPS) is 24.2. The van der Waals surface area contributed by atoms with Crippen molar-refractivity contribution in [1.29, 1.82) is 0 Å². The molecule has 2 fully saturated rings. The van der Waals surface area contributed by atoms with Crippen LogP contribution in [0, 0.1) is 0 Å². The van der Waals surface area contributed by atoms with Gasteiger partial charge in [-0.1, -0.05) is 6.07 Å². The van der Waals surface area contributed by atoms with E-state index in [-0.39, 0.29) is 0 Å². The Bertz CT molecular complexity index is 638. The summed E-state index contributed by atoms with van der Waals surface area (Å²) in [5.41, 5.74) is 0.906. The van der Waals surface area contributed by atoms with Crippen LogP contribution in [0.15, 0.2) is 27.6 Å². The van der Waals surface area contributed by atoms with Crippen LogP contribution >= 0.6 is 27.5 Å². The topological polar surface area (TPSA) is 40.6 Å². The first-order chi connectivity index (χ1) is 10.0. The minimum absolute atomic E-state index is 0.336. The van der Waals surface area contributed by atoms with Crippen LogP contribution in [0.1, 0.15) is 18.4 Å². The number of hydrogen-bond donors (Lipinski definition) is 0. The van der Waals surface area contributed by atoms with Crippen LogP contribution < -0.4 is 0 Å². The van der Waals surface area contributed by atoms with Gasteiger partial charge in [-0.3, -0.25) is 4.90 Å². The Morgan fingerprint density at radius 3 is 2.81 bits per heavy atom. The van der Waals surface area contributed by atoms with E-state index in [1.54, 1.807) is 22.5 Å². The minimum atomic E-state index is -3.44. The van der Waals surface area contributed by atoms with Gasteiger partial charge in [0.05, 0.1) is 4.90 Å². The monoisotopic (exact) mass is 392 g/mol. The first kappa shape index (κ1) is 15.7. The largest absolute Gasteiger partial charge is 0.298 e. The molecule has 0 aliphatic carbocycles. The number of sulfonamides is 1. The van der Waals surface area contributed by atoms with Gasteiger partial charge < -0.3 is 0 Å². The van der Waals surface area contributed by atoms with Crippen molar-refractivity contribution in [3.05, 3.63) is 28.2 Å². The molecule has 0 saturated carbocycles. The van der Waals surface area contributed by atoms with E-state index in [4.69, 9.17) is 11.6 Å². The highest BCUT2D eigenvalue weighted by atomic mass is 79.9. The highest BCUT2D eigenvalue weighted by molar-refractivity contribution is 9.10. The molecule has 2 heterocycles. The van der Waals surface area contributed by atoms with Crippen molar-refractivity contribution in [2.24, 2.45) is 0 Å². The molecule has 1 aromatic carbocycles. The summed E-state index contributed by atoms with van der Waals surface area (Å²) in [5, 5.41) is 0. The number of benzene rings is 1.